The molecule has 1 saturated heterocycles. The molecule has 6 rings (SSSR count). The van der Waals surface area contributed by atoms with Crippen LogP contribution in [0.3, 0.4) is 0 Å². The van der Waals surface area contributed by atoms with Crippen molar-refractivity contribution in [1.82, 2.24) is 30.4 Å². The van der Waals surface area contributed by atoms with Gasteiger partial charge in [-0.05, 0) is 69.3 Å². The normalized spacial score (nSPS) is 26.1. The number of nitrogens with zero attached hydrogens (tertiary/aromatic N) is 4. The number of aromatic amines is 1. The van der Waals surface area contributed by atoms with E-state index in [1.54, 1.807) is 12.3 Å². The lowest BCUT2D eigenvalue weighted by Crippen LogP contribution is -2.58. The summed E-state index contributed by atoms with van der Waals surface area (Å²) in [5, 5.41) is 14.3. The van der Waals surface area contributed by atoms with Crippen molar-refractivity contribution >= 4 is 23.6 Å². The Hall–Kier alpha value is -2.88. The Balaban J connectivity index is 1.09. The maximum atomic E-state index is 13.7. The van der Waals surface area contributed by atoms with Gasteiger partial charge in [0.15, 0.2) is 5.82 Å². The van der Waals surface area contributed by atoms with Crippen LogP contribution < -0.4 is 16.4 Å². The number of rotatable bonds is 6. The van der Waals surface area contributed by atoms with E-state index in [0.29, 0.717) is 35.1 Å². The molecule has 5 N–H and O–H groups in total. The molecule has 10 heteroatoms. The van der Waals surface area contributed by atoms with E-state index in [-0.39, 0.29) is 18.0 Å². The molecule has 2 aromatic rings. The predicted octanol–water partition coefficient (Wildman–Crippen LogP) is 4.47. The summed E-state index contributed by atoms with van der Waals surface area (Å²) < 4.78 is 5.57. The lowest BCUT2D eigenvalue weighted by molar-refractivity contribution is -0.0439. The Morgan fingerprint density at radius 2 is 1.89 bits per heavy atom. The van der Waals surface area contributed by atoms with Crippen LogP contribution in [0, 0.1) is 5.41 Å². The molecule has 2 amide bonds. The van der Waals surface area contributed by atoms with Crippen molar-refractivity contribution in [2.24, 2.45) is 5.41 Å². The standard InChI is InChI=1S/C27H40N8O2/c28-25-29-11-8-23(32-25)31-24-15-22(33-34-24)18-6-7-21(14-18)35(20-4-2-1-3-5-20)26(36)30-19-16-27(17-19)9-12-37-13-10-27/h8,11,15,18-21H,1-7,9-10,12-14,16-17H2,(H,30,36)(H4,28,29,31,32,33,34). The van der Waals surface area contributed by atoms with E-state index in [2.05, 4.69) is 41.8 Å². The van der Waals surface area contributed by atoms with Crippen molar-refractivity contribution in [3.8, 4) is 0 Å². The number of amides is 2. The van der Waals surface area contributed by atoms with Gasteiger partial charge in [0.2, 0.25) is 5.95 Å². The van der Waals surface area contributed by atoms with E-state index in [0.717, 1.165) is 76.7 Å². The van der Waals surface area contributed by atoms with Gasteiger partial charge in [-0.2, -0.15) is 10.1 Å². The summed E-state index contributed by atoms with van der Waals surface area (Å²) in [6.07, 6.45) is 15.2. The van der Waals surface area contributed by atoms with Crippen LogP contribution in [-0.2, 0) is 4.74 Å². The summed E-state index contributed by atoms with van der Waals surface area (Å²) in [5.41, 5.74) is 7.21. The molecule has 1 aliphatic heterocycles. The van der Waals surface area contributed by atoms with Crippen molar-refractivity contribution in [2.75, 3.05) is 24.3 Å². The number of H-pyrrole nitrogens is 1. The van der Waals surface area contributed by atoms with Gasteiger partial charge in [-0.1, -0.05) is 19.3 Å². The molecule has 3 aliphatic carbocycles. The molecule has 0 aromatic carbocycles. The maximum Gasteiger partial charge on any atom is 0.318 e. The number of aromatic nitrogens is 4. The Kier molecular flexibility index (Phi) is 6.92. The zero-order valence-electron chi connectivity index (χ0n) is 21.6. The molecule has 37 heavy (non-hydrogen) atoms. The van der Waals surface area contributed by atoms with Gasteiger partial charge in [0.05, 0.1) is 0 Å². The third-order valence-electron chi connectivity index (χ3n) is 9.21. The van der Waals surface area contributed by atoms with Gasteiger partial charge in [-0.25, -0.2) is 9.78 Å². The molecule has 3 heterocycles. The van der Waals surface area contributed by atoms with Gasteiger partial charge in [-0.15, -0.1) is 0 Å². The number of urea groups is 1. The number of anilines is 3. The zero-order chi connectivity index (χ0) is 25.2. The monoisotopic (exact) mass is 508 g/mol. The highest BCUT2D eigenvalue weighted by Gasteiger charge is 2.46. The van der Waals surface area contributed by atoms with Crippen LogP contribution in [-0.4, -0.2) is 62.4 Å². The fraction of sp³-hybridized carbons (Fsp3) is 0.704. The van der Waals surface area contributed by atoms with Gasteiger partial charge < -0.3 is 26.0 Å². The largest absolute Gasteiger partial charge is 0.381 e. The van der Waals surface area contributed by atoms with E-state index in [4.69, 9.17) is 10.5 Å². The first-order valence-electron chi connectivity index (χ1n) is 14.1. The number of nitrogens with two attached hydrogens (primary N) is 1. The summed E-state index contributed by atoms with van der Waals surface area (Å²) in [7, 11) is 0. The Morgan fingerprint density at radius 3 is 2.68 bits per heavy atom. The molecule has 3 saturated carbocycles. The van der Waals surface area contributed by atoms with Crippen LogP contribution in [0.4, 0.5) is 22.4 Å². The molecular weight excluding hydrogens is 468 g/mol. The first-order valence-corrected chi connectivity index (χ1v) is 14.1. The van der Waals surface area contributed by atoms with Crippen LogP contribution in [0.25, 0.3) is 0 Å². The van der Waals surface area contributed by atoms with Crippen LogP contribution in [0.2, 0.25) is 0 Å². The van der Waals surface area contributed by atoms with Crippen molar-refractivity contribution < 1.29 is 9.53 Å². The Morgan fingerprint density at radius 1 is 1.08 bits per heavy atom. The number of nitrogens with one attached hydrogen (secondary N) is 3. The summed E-state index contributed by atoms with van der Waals surface area (Å²) in [6, 6.07) is 4.92. The molecule has 200 valence electrons. The first kappa shape index (κ1) is 24.5. The summed E-state index contributed by atoms with van der Waals surface area (Å²) >= 11 is 0. The average Bonchev–Trinajstić information content (AvgIpc) is 3.55. The van der Waals surface area contributed by atoms with Crippen LogP contribution in [0.1, 0.15) is 88.7 Å². The third kappa shape index (κ3) is 5.39. The fourth-order valence-electron chi connectivity index (χ4n) is 7.22. The summed E-state index contributed by atoms with van der Waals surface area (Å²) in [6.45, 7) is 1.74. The third-order valence-corrected chi connectivity index (χ3v) is 9.21. The highest BCUT2D eigenvalue weighted by Crippen LogP contribution is 2.49. The minimum absolute atomic E-state index is 0.165. The van der Waals surface area contributed by atoms with Gasteiger partial charge in [0, 0.05) is 55.2 Å². The minimum Gasteiger partial charge on any atom is -0.381 e. The van der Waals surface area contributed by atoms with Gasteiger partial charge in [-0.3, -0.25) is 5.10 Å². The van der Waals surface area contributed by atoms with Gasteiger partial charge >= 0.3 is 6.03 Å². The zero-order valence-corrected chi connectivity index (χ0v) is 21.6. The van der Waals surface area contributed by atoms with Crippen molar-refractivity contribution in [3.05, 3.63) is 24.0 Å². The van der Waals surface area contributed by atoms with E-state index in [1.165, 1.54) is 19.3 Å². The quantitative estimate of drug-likeness (QED) is 0.452. The number of hydrogen-bond acceptors (Lipinski definition) is 7. The number of carbonyl (C=O) groups is 1. The number of ether oxygens (including phenoxy) is 1. The molecule has 0 radical (unpaired) electrons. The lowest BCUT2D eigenvalue weighted by atomic mass is 9.61. The van der Waals surface area contributed by atoms with E-state index in [1.807, 2.05) is 0 Å². The molecule has 2 unspecified atom stereocenters. The van der Waals surface area contributed by atoms with E-state index in [9.17, 15) is 4.79 Å². The van der Waals surface area contributed by atoms with E-state index >= 15 is 0 Å². The highest BCUT2D eigenvalue weighted by atomic mass is 16.5. The molecular formula is C27H40N8O2. The van der Waals surface area contributed by atoms with Gasteiger partial charge in [0.25, 0.3) is 0 Å². The highest BCUT2D eigenvalue weighted by molar-refractivity contribution is 5.75. The SMILES string of the molecule is Nc1nccc(Nc2cc(C3CCC(N(C(=O)NC4CC5(CCOCC5)C4)C4CCCCC4)C3)[nH]n2)n1. The second-order valence-electron chi connectivity index (χ2n) is 11.7. The second kappa shape index (κ2) is 10.5. The molecule has 2 aromatic heterocycles. The van der Waals surface area contributed by atoms with Crippen LogP contribution in [0.15, 0.2) is 18.3 Å². The molecule has 4 aliphatic rings. The number of hydrogen-bond donors (Lipinski definition) is 4. The molecule has 0 bridgehead atoms. The van der Waals surface area contributed by atoms with Crippen LogP contribution >= 0.6 is 0 Å². The number of nitrogen functional groups attached to an aromatic ring is 1. The Labute approximate surface area is 218 Å². The minimum atomic E-state index is 0.165. The van der Waals surface area contributed by atoms with Crippen molar-refractivity contribution in [1.29, 1.82) is 0 Å². The first-order chi connectivity index (χ1) is 18.1. The maximum absolute atomic E-state index is 13.7. The Bertz CT molecular complexity index is 1070. The summed E-state index contributed by atoms with van der Waals surface area (Å²) in [5.74, 6) is 1.92. The topological polar surface area (TPSA) is 134 Å². The number of carbonyl (C=O) groups excluding carboxylic acids is 1. The van der Waals surface area contributed by atoms with Crippen molar-refractivity contribution in [2.45, 2.75) is 101 Å². The fourth-order valence-corrected chi connectivity index (χ4v) is 7.22. The molecule has 1 spiro atoms. The average molecular weight is 509 g/mol. The predicted molar refractivity (Wildman–Crippen MR) is 141 cm³/mol. The molecule has 4 fully saturated rings. The second-order valence-corrected chi connectivity index (χ2v) is 11.7. The summed E-state index contributed by atoms with van der Waals surface area (Å²) in [4.78, 5) is 24.1. The van der Waals surface area contributed by atoms with Crippen molar-refractivity contribution in [3.63, 3.8) is 0 Å². The van der Waals surface area contributed by atoms with Gasteiger partial charge in [0.1, 0.15) is 5.82 Å². The molecule has 2 atom stereocenters. The van der Waals surface area contributed by atoms with E-state index < -0.39 is 0 Å². The lowest BCUT2D eigenvalue weighted by Gasteiger charge is -2.51. The molecule has 10 nitrogen and oxygen atoms in total. The van der Waals surface area contributed by atoms with Crippen LogP contribution in [0.5, 0.6) is 0 Å². The smallest absolute Gasteiger partial charge is 0.318 e.